The average molecular weight is 323 g/mol. The second kappa shape index (κ2) is 5.98. The molecule has 1 amide bonds. The van der Waals surface area contributed by atoms with Crippen molar-refractivity contribution in [3.63, 3.8) is 0 Å². The molecule has 2 aromatic rings. The standard InChI is InChI=1S/C13H17N5OS2/c1-7-5-15-9(20-7)6-16-12(19)10-11(14)18-13(21-10)17-8-3-2-4-8/h5,8H,2-4,6,14H2,1H3,(H,16,19)(H,17,18). The summed E-state index contributed by atoms with van der Waals surface area (Å²) in [6.07, 6.45) is 5.36. The van der Waals surface area contributed by atoms with Crippen LogP contribution in [-0.2, 0) is 6.54 Å². The molecule has 0 saturated heterocycles. The highest BCUT2D eigenvalue weighted by atomic mass is 32.1. The molecule has 0 unspecified atom stereocenters. The van der Waals surface area contributed by atoms with Gasteiger partial charge in [-0.2, -0.15) is 0 Å². The topological polar surface area (TPSA) is 92.9 Å². The molecule has 2 aromatic heterocycles. The number of nitrogen functional groups attached to an aromatic ring is 1. The van der Waals surface area contributed by atoms with E-state index in [9.17, 15) is 4.79 Å². The first-order chi connectivity index (χ1) is 10.1. The number of anilines is 2. The van der Waals surface area contributed by atoms with E-state index in [0.29, 0.717) is 17.5 Å². The van der Waals surface area contributed by atoms with E-state index in [1.54, 1.807) is 17.5 Å². The molecule has 0 bridgehead atoms. The fraction of sp³-hybridized carbons (Fsp3) is 0.462. The SMILES string of the molecule is Cc1cnc(CNC(=O)c2sc(NC3CCC3)nc2N)s1. The minimum atomic E-state index is -0.195. The number of aromatic nitrogens is 2. The van der Waals surface area contributed by atoms with Crippen molar-refractivity contribution in [1.82, 2.24) is 15.3 Å². The second-order valence-corrected chi connectivity index (χ2v) is 7.37. The highest BCUT2D eigenvalue weighted by molar-refractivity contribution is 7.18. The molecule has 0 aliphatic heterocycles. The predicted octanol–water partition coefficient (Wildman–Crippen LogP) is 2.38. The maximum absolute atomic E-state index is 12.2. The van der Waals surface area contributed by atoms with E-state index in [1.807, 2.05) is 6.92 Å². The molecule has 4 N–H and O–H groups in total. The largest absolute Gasteiger partial charge is 0.382 e. The van der Waals surface area contributed by atoms with Gasteiger partial charge in [-0.25, -0.2) is 9.97 Å². The van der Waals surface area contributed by atoms with Crippen molar-refractivity contribution in [2.75, 3.05) is 11.1 Å². The molecule has 1 aliphatic rings. The molecule has 8 heteroatoms. The third kappa shape index (κ3) is 3.33. The molecule has 3 rings (SSSR count). The predicted molar refractivity (Wildman–Crippen MR) is 85.8 cm³/mol. The zero-order valence-corrected chi connectivity index (χ0v) is 13.3. The molecule has 2 heterocycles. The van der Waals surface area contributed by atoms with Crippen molar-refractivity contribution < 1.29 is 4.79 Å². The van der Waals surface area contributed by atoms with Gasteiger partial charge in [0.1, 0.15) is 15.7 Å². The van der Waals surface area contributed by atoms with E-state index >= 15 is 0 Å². The third-order valence-corrected chi connectivity index (χ3v) is 5.28. The van der Waals surface area contributed by atoms with E-state index in [2.05, 4.69) is 20.6 Å². The molecule has 0 spiro atoms. The Morgan fingerprint density at radius 3 is 2.90 bits per heavy atom. The highest BCUT2D eigenvalue weighted by Crippen LogP contribution is 2.29. The van der Waals surface area contributed by atoms with Gasteiger partial charge in [-0.15, -0.1) is 11.3 Å². The fourth-order valence-corrected chi connectivity index (χ4v) is 3.61. The van der Waals surface area contributed by atoms with Crippen LogP contribution in [-0.4, -0.2) is 21.9 Å². The monoisotopic (exact) mass is 323 g/mol. The van der Waals surface area contributed by atoms with Crippen LogP contribution in [0.4, 0.5) is 10.9 Å². The van der Waals surface area contributed by atoms with Gasteiger partial charge in [-0.05, 0) is 26.2 Å². The summed E-state index contributed by atoms with van der Waals surface area (Å²) in [7, 11) is 0. The number of nitrogens with zero attached hydrogens (tertiary/aromatic N) is 2. The van der Waals surface area contributed by atoms with Crippen LogP contribution >= 0.6 is 22.7 Å². The van der Waals surface area contributed by atoms with E-state index in [-0.39, 0.29) is 11.7 Å². The molecule has 0 radical (unpaired) electrons. The number of thiazole rings is 2. The summed E-state index contributed by atoms with van der Waals surface area (Å²) < 4.78 is 0. The van der Waals surface area contributed by atoms with Gasteiger partial charge in [-0.1, -0.05) is 11.3 Å². The number of rotatable bonds is 5. The summed E-state index contributed by atoms with van der Waals surface area (Å²) in [4.78, 5) is 22.2. The number of hydrogen-bond acceptors (Lipinski definition) is 7. The quantitative estimate of drug-likeness (QED) is 0.785. The number of carbonyl (C=O) groups is 1. The first kappa shape index (κ1) is 14.3. The minimum Gasteiger partial charge on any atom is -0.382 e. The Bertz CT molecular complexity index is 647. The third-order valence-electron chi connectivity index (χ3n) is 3.36. The van der Waals surface area contributed by atoms with Gasteiger partial charge < -0.3 is 16.4 Å². The maximum Gasteiger partial charge on any atom is 0.265 e. The summed E-state index contributed by atoms with van der Waals surface area (Å²) in [6, 6.07) is 0.477. The summed E-state index contributed by atoms with van der Waals surface area (Å²) in [6.45, 7) is 2.41. The molecule has 21 heavy (non-hydrogen) atoms. The molecule has 0 atom stereocenters. The molecular weight excluding hydrogens is 306 g/mol. The second-order valence-electron chi connectivity index (χ2n) is 5.05. The first-order valence-electron chi connectivity index (χ1n) is 6.84. The van der Waals surface area contributed by atoms with Crippen molar-refractivity contribution in [1.29, 1.82) is 0 Å². The number of nitrogens with two attached hydrogens (primary N) is 1. The van der Waals surface area contributed by atoms with Crippen LogP contribution in [0.15, 0.2) is 6.20 Å². The van der Waals surface area contributed by atoms with Gasteiger partial charge in [0, 0.05) is 17.1 Å². The molecule has 0 aromatic carbocycles. The summed E-state index contributed by atoms with van der Waals surface area (Å²) in [5.41, 5.74) is 5.84. The zero-order chi connectivity index (χ0) is 14.8. The number of nitrogens with one attached hydrogen (secondary N) is 2. The van der Waals surface area contributed by atoms with Crippen LogP contribution < -0.4 is 16.4 Å². The number of aryl methyl sites for hydroxylation is 1. The van der Waals surface area contributed by atoms with Crippen LogP contribution in [0.5, 0.6) is 0 Å². The van der Waals surface area contributed by atoms with Crippen molar-refractivity contribution in [3.05, 3.63) is 21.0 Å². The Hall–Kier alpha value is -1.67. The summed E-state index contributed by atoms with van der Waals surface area (Å²) in [5, 5.41) is 7.76. The molecule has 1 aliphatic carbocycles. The van der Waals surface area contributed by atoms with Crippen molar-refractivity contribution in [2.24, 2.45) is 0 Å². The molecular formula is C13H17N5OS2. The Balaban J connectivity index is 1.60. The Morgan fingerprint density at radius 1 is 1.48 bits per heavy atom. The van der Waals surface area contributed by atoms with Crippen LogP contribution in [0, 0.1) is 6.92 Å². The molecule has 1 saturated carbocycles. The van der Waals surface area contributed by atoms with Gasteiger partial charge in [0.05, 0.1) is 6.54 Å². The summed E-state index contributed by atoms with van der Waals surface area (Å²) >= 11 is 2.88. The summed E-state index contributed by atoms with van der Waals surface area (Å²) in [5.74, 6) is 0.0918. The van der Waals surface area contributed by atoms with Crippen LogP contribution in [0.1, 0.15) is 38.8 Å². The van der Waals surface area contributed by atoms with Crippen LogP contribution in [0.3, 0.4) is 0 Å². The van der Waals surface area contributed by atoms with Gasteiger partial charge in [0.25, 0.3) is 5.91 Å². The van der Waals surface area contributed by atoms with Crippen LogP contribution in [0.25, 0.3) is 0 Å². The lowest BCUT2D eigenvalue weighted by atomic mass is 9.93. The fourth-order valence-electron chi connectivity index (χ4n) is 2.00. The van der Waals surface area contributed by atoms with Gasteiger partial charge >= 0.3 is 0 Å². The average Bonchev–Trinajstić information content (AvgIpc) is 2.97. The maximum atomic E-state index is 12.2. The highest BCUT2D eigenvalue weighted by Gasteiger charge is 2.21. The normalized spacial score (nSPS) is 14.7. The van der Waals surface area contributed by atoms with E-state index in [1.165, 1.54) is 17.8 Å². The number of hydrogen-bond donors (Lipinski definition) is 3. The molecule has 1 fully saturated rings. The van der Waals surface area contributed by atoms with E-state index < -0.39 is 0 Å². The van der Waals surface area contributed by atoms with Gasteiger partial charge in [-0.3, -0.25) is 4.79 Å². The minimum absolute atomic E-state index is 0.195. The Labute approximate surface area is 130 Å². The zero-order valence-electron chi connectivity index (χ0n) is 11.7. The lowest BCUT2D eigenvalue weighted by molar-refractivity contribution is 0.0955. The van der Waals surface area contributed by atoms with Gasteiger partial charge in [0.2, 0.25) is 0 Å². The molecule has 112 valence electrons. The van der Waals surface area contributed by atoms with E-state index in [4.69, 9.17) is 5.73 Å². The van der Waals surface area contributed by atoms with Crippen molar-refractivity contribution >= 4 is 39.5 Å². The number of amides is 1. The number of carbonyl (C=O) groups excluding carboxylic acids is 1. The smallest absolute Gasteiger partial charge is 0.265 e. The molecule has 6 nitrogen and oxygen atoms in total. The van der Waals surface area contributed by atoms with E-state index in [0.717, 1.165) is 27.9 Å². The van der Waals surface area contributed by atoms with Gasteiger partial charge in [0.15, 0.2) is 5.13 Å². The lowest BCUT2D eigenvalue weighted by Gasteiger charge is -2.25. The van der Waals surface area contributed by atoms with Crippen LogP contribution in [0.2, 0.25) is 0 Å². The Kier molecular flexibility index (Phi) is 4.07. The first-order valence-corrected chi connectivity index (χ1v) is 8.47. The lowest BCUT2D eigenvalue weighted by Crippen LogP contribution is -2.26. The Morgan fingerprint density at radius 2 is 2.29 bits per heavy atom. The van der Waals surface area contributed by atoms with Crippen molar-refractivity contribution in [3.8, 4) is 0 Å². The van der Waals surface area contributed by atoms with Crippen molar-refractivity contribution in [2.45, 2.75) is 38.8 Å².